The first kappa shape index (κ1) is 34.8. The number of hydrogen-bond donors (Lipinski definition) is 0. The highest BCUT2D eigenvalue weighted by molar-refractivity contribution is 4.79. The highest BCUT2D eigenvalue weighted by atomic mass is 16.5. The van der Waals surface area contributed by atoms with E-state index in [4.69, 9.17) is 9.47 Å². The van der Waals surface area contributed by atoms with Crippen molar-refractivity contribution in [1.29, 1.82) is 0 Å². The molecule has 0 radical (unpaired) electrons. The first-order valence-corrected chi connectivity index (χ1v) is 15.3. The van der Waals surface area contributed by atoms with Crippen molar-refractivity contribution in [2.75, 3.05) is 81.8 Å². The predicted octanol–water partition coefficient (Wildman–Crippen LogP) is 7.70. The highest BCUT2D eigenvalue weighted by Gasteiger charge is 2.40. The Kier molecular flexibility index (Phi) is 20.8. The summed E-state index contributed by atoms with van der Waals surface area (Å²) in [6, 6.07) is 0. The number of quaternary nitrogens is 2. The van der Waals surface area contributed by atoms with Crippen molar-refractivity contribution < 1.29 is 18.4 Å². The molecule has 0 aliphatic carbocycles. The summed E-state index contributed by atoms with van der Waals surface area (Å²) in [6.45, 7) is 10.6. The molecule has 0 unspecified atom stereocenters. The zero-order valence-electron chi connectivity index (χ0n) is 25.8. The standard InChI is InChI=1S/C31H68N2O2/c1-9-11-13-14-15-16-18-23-27-35-30-31(28-32(3,4)5,29-33(6,7)8)24-20-17-19-22-26-34-25-21-12-10-2/h9-30H2,1-8H3/q+2. The number of hydrogen-bond acceptors (Lipinski definition) is 2. The van der Waals surface area contributed by atoms with Gasteiger partial charge in [0.05, 0.1) is 67.4 Å². The van der Waals surface area contributed by atoms with Crippen LogP contribution >= 0.6 is 0 Å². The molecular weight excluding hydrogens is 432 g/mol. The van der Waals surface area contributed by atoms with E-state index >= 15 is 0 Å². The number of unbranched alkanes of at least 4 members (excludes halogenated alkanes) is 12. The molecule has 4 nitrogen and oxygen atoms in total. The SMILES string of the molecule is CCCCCCCCCCOCC(CCCCCCOCCCCC)(C[N+](C)(C)C)C[N+](C)(C)C. The van der Waals surface area contributed by atoms with Crippen LogP contribution in [0.3, 0.4) is 0 Å². The molecule has 0 saturated carbocycles. The van der Waals surface area contributed by atoms with Crippen molar-refractivity contribution in [3.8, 4) is 0 Å². The summed E-state index contributed by atoms with van der Waals surface area (Å²) < 4.78 is 14.3. The molecule has 0 atom stereocenters. The number of rotatable bonds is 26. The summed E-state index contributed by atoms with van der Waals surface area (Å²) >= 11 is 0. The molecule has 0 spiro atoms. The summed E-state index contributed by atoms with van der Waals surface area (Å²) in [4.78, 5) is 0. The van der Waals surface area contributed by atoms with Crippen LogP contribution in [0.2, 0.25) is 0 Å². The minimum absolute atomic E-state index is 0.243. The molecule has 35 heavy (non-hydrogen) atoms. The Morgan fingerprint density at radius 1 is 0.457 bits per heavy atom. The average Bonchev–Trinajstić information content (AvgIpc) is 2.74. The monoisotopic (exact) mass is 501 g/mol. The van der Waals surface area contributed by atoms with Crippen LogP contribution in [0.4, 0.5) is 0 Å². The van der Waals surface area contributed by atoms with Gasteiger partial charge in [-0.15, -0.1) is 0 Å². The van der Waals surface area contributed by atoms with Gasteiger partial charge in [-0.05, 0) is 25.7 Å². The van der Waals surface area contributed by atoms with Crippen molar-refractivity contribution >= 4 is 0 Å². The maximum Gasteiger partial charge on any atom is 0.0915 e. The van der Waals surface area contributed by atoms with Crippen molar-refractivity contribution in [3.63, 3.8) is 0 Å². The lowest BCUT2D eigenvalue weighted by Gasteiger charge is -2.42. The Balaban J connectivity index is 4.53. The Morgan fingerprint density at radius 2 is 0.829 bits per heavy atom. The fourth-order valence-corrected chi connectivity index (χ4v) is 5.62. The largest absolute Gasteiger partial charge is 0.381 e. The Morgan fingerprint density at radius 3 is 1.31 bits per heavy atom. The van der Waals surface area contributed by atoms with E-state index < -0.39 is 0 Å². The molecule has 212 valence electrons. The molecular formula is C31H68N2O2+2. The summed E-state index contributed by atoms with van der Waals surface area (Å²) in [7, 11) is 14.1. The quantitative estimate of drug-likeness (QED) is 0.0894. The minimum atomic E-state index is 0.243. The first-order valence-electron chi connectivity index (χ1n) is 15.3. The van der Waals surface area contributed by atoms with Gasteiger partial charge < -0.3 is 18.4 Å². The van der Waals surface area contributed by atoms with Gasteiger partial charge in [-0.3, -0.25) is 0 Å². The summed E-state index contributed by atoms with van der Waals surface area (Å²) in [5.74, 6) is 0. The highest BCUT2D eigenvalue weighted by Crippen LogP contribution is 2.31. The zero-order chi connectivity index (χ0) is 26.5. The topological polar surface area (TPSA) is 18.5 Å². The van der Waals surface area contributed by atoms with Gasteiger partial charge in [0.2, 0.25) is 0 Å². The molecule has 0 fully saturated rings. The van der Waals surface area contributed by atoms with E-state index in [-0.39, 0.29) is 5.41 Å². The second-order valence-corrected chi connectivity index (χ2v) is 13.4. The molecule has 0 aliphatic heterocycles. The fourth-order valence-electron chi connectivity index (χ4n) is 5.62. The van der Waals surface area contributed by atoms with E-state index in [2.05, 4.69) is 56.1 Å². The van der Waals surface area contributed by atoms with Crippen molar-refractivity contribution in [2.24, 2.45) is 5.41 Å². The van der Waals surface area contributed by atoms with Gasteiger partial charge in [0.25, 0.3) is 0 Å². The fraction of sp³-hybridized carbons (Fsp3) is 1.00. The molecule has 0 aliphatic rings. The lowest BCUT2D eigenvalue weighted by Crippen LogP contribution is -2.55. The maximum atomic E-state index is 6.44. The third-order valence-corrected chi connectivity index (χ3v) is 6.81. The molecule has 0 aromatic rings. The van der Waals surface area contributed by atoms with Gasteiger partial charge in [-0.1, -0.05) is 90.9 Å². The second kappa shape index (κ2) is 20.8. The van der Waals surface area contributed by atoms with Gasteiger partial charge in [0, 0.05) is 19.8 Å². The minimum Gasteiger partial charge on any atom is -0.381 e. The molecule has 0 saturated heterocycles. The summed E-state index contributed by atoms with van der Waals surface area (Å²) in [5.41, 5.74) is 0.243. The molecule has 0 N–H and O–H groups in total. The molecule has 4 heteroatoms. The van der Waals surface area contributed by atoms with Crippen LogP contribution in [0.1, 0.15) is 117 Å². The molecule has 0 aromatic carbocycles. The van der Waals surface area contributed by atoms with E-state index in [0.29, 0.717) is 0 Å². The lowest BCUT2D eigenvalue weighted by molar-refractivity contribution is -0.903. The smallest absolute Gasteiger partial charge is 0.0915 e. The molecule has 0 aromatic heterocycles. The van der Waals surface area contributed by atoms with E-state index in [1.54, 1.807) is 0 Å². The van der Waals surface area contributed by atoms with Gasteiger partial charge in [0.1, 0.15) is 0 Å². The van der Waals surface area contributed by atoms with Crippen LogP contribution in [0.15, 0.2) is 0 Å². The lowest BCUT2D eigenvalue weighted by atomic mass is 9.81. The van der Waals surface area contributed by atoms with Gasteiger partial charge in [-0.25, -0.2) is 0 Å². The van der Waals surface area contributed by atoms with Crippen molar-refractivity contribution in [1.82, 2.24) is 0 Å². The number of ether oxygens (including phenoxy) is 2. The molecule has 0 amide bonds. The second-order valence-electron chi connectivity index (χ2n) is 13.4. The van der Waals surface area contributed by atoms with Crippen LogP contribution in [0.25, 0.3) is 0 Å². The third-order valence-electron chi connectivity index (χ3n) is 6.81. The number of nitrogens with zero attached hydrogens (tertiary/aromatic N) is 2. The predicted molar refractivity (Wildman–Crippen MR) is 155 cm³/mol. The molecule has 0 rings (SSSR count). The van der Waals surface area contributed by atoms with Crippen LogP contribution in [0, 0.1) is 5.41 Å². The molecule has 0 heterocycles. The summed E-state index contributed by atoms with van der Waals surface area (Å²) in [6.07, 6.45) is 21.0. The Hall–Kier alpha value is -0.160. The van der Waals surface area contributed by atoms with Gasteiger partial charge >= 0.3 is 0 Å². The van der Waals surface area contributed by atoms with Crippen LogP contribution in [-0.4, -0.2) is 90.8 Å². The van der Waals surface area contributed by atoms with E-state index in [1.165, 1.54) is 116 Å². The Labute approximate surface area is 222 Å². The maximum absolute atomic E-state index is 6.44. The van der Waals surface area contributed by atoms with Crippen molar-refractivity contribution in [2.45, 2.75) is 117 Å². The van der Waals surface area contributed by atoms with E-state index in [1.807, 2.05) is 0 Å². The van der Waals surface area contributed by atoms with E-state index in [0.717, 1.165) is 35.4 Å². The van der Waals surface area contributed by atoms with Gasteiger partial charge in [0.15, 0.2) is 0 Å². The van der Waals surface area contributed by atoms with Gasteiger partial charge in [-0.2, -0.15) is 0 Å². The van der Waals surface area contributed by atoms with Crippen LogP contribution in [-0.2, 0) is 9.47 Å². The van der Waals surface area contributed by atoms with E-state index in [9.17, 15) is 0 Å². The third kappa shape index (κ3) is 24.0. The van der Waals surface area contributed by atoms with Crippen molar-refractivity contribution in [3.05, 3.63) is 0 Å². The van der Waals surface area contributed by atoms with Crippen LogP contribution in [0.5, 0.6) is 0 Å². The van der Waals surface area contributed by atoms with Crippen LogP contribution < -0.4 is 0 Å². The normalized spacial score (nSPS) is 13.0. The molecule has 0 bridgehead atoms. The summed E-state index contributed by atoms with van der Waals surface area (Å²) in [5, 5.41) is 0. The first-order chi connectivity index (χ1) is 16.5. The zero-order valence-corrected chi connectivity index (χ0v) is 25.8. The average molecular weight is 501 g/mol. The Bertz CT molecular complexity index is 412.